The number of nitrogens with zero attached hydrogens (tertiary/aromatic N) is 3. The van der Waals surface area contributed by atoms with E-state index in [0.717, 1.165) is 22.3 Å². The number of carbonyl (C=O) groups excluding carboxylic acids is 2. The van der Waals surface area contributed by atoms with Crippen LogP contribution < -0.4 is 5.32 Å². The molecule has 5 atom stereocenters. The molecule has 3 aliphatic rings. The summed E-state index contributed by atoms with van der Waals surface area (Å²) in [5.74, 6) is -1.74. The van der Waals surface area contributed by atoms with E-state index in [0.29, 0.717) is 0 Å². The number of alkyl carbamates (subject to hydrolysis) is 1. The molecule has 224 valence electrons. The predicted molar refractivity (Wildman–Crippen MR) is 150 cm³/mol. The van der Waals surface area contributed by atoms with Crippen LogP contribution in [0.25, 0.3) is 21.6 Å². The van der Waals surface area contributed by atoms with E-state index in [2.05, 4.69) is 27.5 Å². The Kier molecular flexibility index (Phi) is 8.45. The number of carbonyl (C=O) groups is 2. The largest absolute Gasteiger partial charge is 0.458 e. The average Bonchev–Trinajstić information content (AvgIpc) is 3.54. The third kappa shape index (κ3) is 6.53. The number of esters is 1. The van der Waals surface area contributed by atoms with Crippen molar-refractivity contribution < 1.29 is 38.0 Å². The van der Waals surface area contributed by atoms with Crippen LogP contribution in [0.15, 0.2) is 53.6 Å². The minimum Gasteiger partial charge on any atom is -0.458 e. The highest BCUT2D eigenvalue weighted by molar-refractivity contribution is 5.82. The molecule has 2 aliphatic heterocycles. The highest BCUT2D eigenvalue weighted by atomic mass is 16.8. The second kappa shape index (κ2) is 11.9. The zero-order chi connectivity index (χ0) is 30.1. The van der Waals surface area contributed by atoms with Crippen molar-refractivity contribution in [3.05, 3.63) is 70.1 Å². The van der Waals surface area contributed by atoms with Crippen LogP contribution in [-0.2, 0) is 33.2 Å². The fraction of sp³-hybridized carbons (Fsp3) is 0.533. The van der Waals surface area contributed by atoms with Crippen molar-refractivity contribution in [1.29, 1.82) is 0 Å². The van der Waals surface area contributed by atoms with Gasteiger partial charge in [-0.2, -0.15) is 0 Å². The molecule has 42 heavy (non-hydrogen) atoms. The zero-order valence-electron chi connectivity index (χ0n) is 24.3. The molecule has 12 heteroatoms. The van der Waals surface area contributed by atoms with Gasteiger partial charge < -0.3 is 33.7 Å². The number of ether oxygens (including phenoxy) is 6. The Balaban J connectivity index is 1.25. The number of hydrogen-bond acceptors (Lipinski definition) is 9. The van der Waals surface area contributed by atoms with Gasteiger partial charge in [-0.3, -0.25) is 0 Å². The summed E-state index contributed by atoms with van der Waals surface area (Å²) in [5, 5.41) is 6.20. The van der Waals surface area contributed by atoms with E-state index < -0.39 is 54.1 Å². The molecule has 2 saturated heterocycles. The van der Waals surface area contributed by atoms with Crippen molar-refractivity contribution in [2.24, 2.45) is 5.11 Å². The third-order valence-electron chi connectivity index (χ3n) is 7.19. The summed E-state index contributed by atoms with van der Waals surface area (Å²) in [6, 6.07) is 14.8. The Morgan fingerprint density at radius 2 is 1.67 bits per heavy atom. The number of hydrogen-bond donors (Lipinski definition) is 1. The number of nitrogens with one attached hydrogen (secondary N) is 1. The summed E-state index contributed by atoms with van der Waals surface area (Å²) < 4.78 is 35.0. The van der Waals surface area contributed by atoms with Crippen LogP contribution in [0.2, 0.25) is 0 Å². The quantitative estimate of drug-likeness (QED) is 0.192. The van der Waals surface area contributed by atoms with Gasteiger partial charge in [-0.15, -0.1) is 0 Å². The Morgan fingerprint density at radius 3 is 2.29 bits per heavy atom. The molecule has 0 unspecified atom stereocenters. The second-order valence-corrected chi connectivity index (χ2v) is 11.9. The molecule has 2 fully saturated rings. The van der Waals surface area contributed by atoms with Crippen molar-refractivity contribution in [3.8, 4) is 11.1 Å². The molecule has 12 nitrogen and oxygen atoms in total. The van der Waals surface area contributed by atoms with Gasteiger partial charge in [0, 0.05) is 10.8 Å². The Hall–Kier alpha value is -3.67. The first kappa shape index (κ1) is 29.8. The van der Waals surface area contributed by atoms with Crippen LogP contribution in [0, 0.1) is 0 Å². The van der Waals surface area contributed by atoms with Gasteiger partial charge in [-0.25, -0.2) is 9.59 Å². The van der Waals surface area contributed by atoms with Crippen molar-refractivity contribution in [2.75, 3.05) is 19.8 Å². The molecule has 1 N–H and O–H groups in total. The first-order valence-corrected chi connectivity index (χ1v) is 13.9. The third-order valence-corrected chi connectivity index (χ3v) is 7.19. The van der Waals surface area contributed by atoms with Gasteiger partial charge in [-0.1, -0.05) is 53.6 Å². The maximum atomic E-state index is 13.1. The molecule has 0 spiro atoms. The van der Waals surface area contributed by atoms with Gasteiger partial charge in [-0.05, 0) is 62.4 Å². The highest BCUT2D eigenvalue weighted by Crippen LogP contribution is 2.44. The van der Waals surface area contributed by atoms with Crippen LogP contribution in [0.1, 0.15) is 51.7 Å². The van der Waals surface area contributed by atoms with Crippen molar-refractivity contribution in [2.45, 2.75) is 82.6 Å². The van der Waals surface area contributed by atoms with Gasteiger partial charge in [0.25, 0.3) is 0 Å². The van der Waals surface area contributed by atoms with Gasteiger partial charge in [0.2, 0.25) is 0 Å². The predicted octanol–water partition coefficient (Wildman–Crippen LogP) is 4.81. The summed E-state index contributed by atoms with van der Waals surface area (Å²) in [6.07, 6.45) is -3.50. The molecule has 2 aromatic carbocycles. The number of benzene rings is 2. The van der Waals surface area contributed by atoms with Gasteiger partial charge >= 0.3 is 12.1 Å². The molecular formula is C30H36N4O8. The van der Waals surface area contributed by atoms with E-state index in [1.165, 1.54) is 0 Å². The molecule has 2 aromatic rings. The standard InChI is InChI=1S/C30H36N4O8/c1-29(2,3)42-26(35)22(16-37-27-25-24(40-30(4,5)41-25)23(39-27)14-32-34-31)33-28(36)38-15-21-19-12-8-6-10-17(19)18-11-7-9-13-20(18)21/h6-13,21-25,27H,14-16H2,1-5H3,(H,33,36)/t22-,23+,24+,25+,27+/m0/s1. The fourth-order valence-electron chi connectivity index (χ4n) is 5.56. The summed E-state index contributed by atoms with van der Waals surface area (Å²) in [6.45, 7) is 8.52. The fourth-order valence-corrected chi connectivity index (χ4v) is 5.56. The van der Waals surface area contributed by atoms with Gasteiger partial charge in [0.1, 0.15) is 24.4 Å². The molecule has 2 heterocycles. The molecule has 0 radical (unpaired) electrons. The summed E-state index contributed by atoms with van der Waals surface area (Å²) >= 11 is 0. The molecule has 1 amide bonds. The molecule has 5 rings (SSSR count). The molecule has 1 aliphatic carbocycles. The highest BCUT2D eigenvalue weighted by Gasteiger charge is 2.55. The molecule has 0 bridgehead atoms. The lowest BCUT2D eigenvalue weighted by Gasteiger charge is -2.27. The first-order valence-electron chi connectivity index (χ1n) is 13.9. The van der Waals surface area contributed by atoms with E-state index >= 15 is 0 Å². The lowest BCUT2D eigenvalue weighted by Crippen LogP contribution is -2.48. The zero-order valence-corrected chi connectivity index (χ0v) is 24.3. The lowest BCUT2D eigenvalue weighted by molar-refractivity contribution is -0.234. The Morgan fingerprint density at radius 1 is 1.05 bits per heavy atom. The topological polar surface area (TPSA) is 150 Å². The van der Waals surface area contributed by atoms with Crippen LogP contribution >= 0.6 is 0 Å². The number of azide groups is 1. The maximum Gasteiger partial charge on any atom is 0.407 e. The molecular weight excluding hydrogens is 544 g/mol. The average molecular weight is 581 g/mol. The van der Waals surface area contributed by atoms with E-state index in [1.54, 1.807) is 34.6 Å². The van der Waals surface area contributed by atoms with Crippen LogP contribution in [0.3, 0.4) is 0 Å². The van der Waals surface area contributed by atoms with Crippen molar-refractivity contribution in [1.82, 2.24) is 5.32 Å². The van der Waals surface area contributed by atoms with Gasteiger partial charge in [0.05, 0.1) is 19.3 Å². The minimum atomic E-state index is -1.20. The minimum absolute atomic E-state index is 0.0183. The Labute approximate surface area is 244 Å². The van der Waals surface area contributed by atoms with Crippen molar-refractivity contribution in [3.63, 3.8) is 0 Å². The summed E-state index contributed by atoms with van der Waals surface area (Å²) in [5.41, 5.74) is 12.3. The monoisotopic (exact) mass is 580 g/mol. The molecule has 0 saturated carbocycles. The smallest absolute Gasteiger partial charge is 0.407 e. The van der Waals surface area contributed by atoms with E-state index in [4.69, 9.17) is 34.0 Å². The van der Waals surface area contributed by atoms with Crippen LogP contribution in [0.4, 0.5) is 4.79 Å². The van der Waals surface area contributed by atoms with Gasteiger partial charge in [0.15, 0.2) is 18.1 Å². The van der Waals surface area contributed by atoms with E-state index in [-0.39, 0.29) is 25.7 Å². The lowest BCUT2D eigenvalue weighted by atomic mass is 9.98. The SMILES string of the molecule is CC(C)(C)OC(=O)[C@H](CO[C@@H]1O[C@H](CN=[N+]=[N-])[C@H]2OC(C)(C)O[C@@H]12)NC(=O)OCC1c2ccccc2-c2ccccc21. The summed E-state index contributed by atoms with van der Waals surface area (Å²) in [4.78, 5) is 28.9. The Bertz CT molecular complexity index is 1320. The maximum absolute atomic E-state index is 13.1. The number of fused-ring (bicyclic) bond motifs is 4. The van der Waals surface area contributed by atoms with Crippen LogP contribution in [0.5, 0.6) is 0 Å². The van der Waals surface area contributed by atoms with E-state index in [9.17, 15) is 9.59 Å². The summed E-state index contributed by atoms with van der Waals surface area (Å²) in [7, 11) is 0. The first-order chi connectivity index (χ1) is 20.0. The van der Waals surface area contributed by atoms with E-state index in [1.807, 2.05) is 36.4 Å². The number of amides is 1. The number of rotatable bonds is 9. The molecule has 0 aromatic heterocycles. The van der Waals surface area contributed by atoms with Crippen molar-refractivity contribution >= 4 is 12.1 Å². The van der Waals surface area contributed by atoms with Crippen LogP contribution in [-0.4, -0.2) is 73.9 Å². The normalized spacial score (nSPS) is 24.6. The second-order valence-electron chi connectivity index (χ2n) is 11.9.